The highest BCUT2D eigenvalue weighted by Gasteiger charge is 2.21. The average Bonchev–Trinajstić information content (AvgIpc) is 2.59. The van der Waals surface area contributed by atoms with Gasteiger partial charge in [-0.15, -0.1) is 0 Å². The van der Waals surface area contributed by atoms with E-state index in [4.69, 9.17) is 4.74 Å². The Bertz CT molecular complexity index is 150. The van der Waals surface area contributed by atoms with Crippen molar-refractivity contribution >= 4 is 15.9 Å². The lowest BCUT2D eigenvalue weighted by atomic mass is 10.1. The average molecular weight is 264 g/mol. The monoisotopic (exact) mass is 263 g/mol. The van der Waals surface area contributed by atoms with Gasteiger partial charge in [-0.2, -0.15) is 0 Å². The molecule has 84 valence electrons. The largest absolute Gasteiger partial charge is 0.374 e. The van der Waals surface area contributed by atoms with Gasteiger partial charge in [0.15, 0.2) is 0 Å². The van der Waals surface area contributed by atoms with Crippen molar-refractivity contribution in [2.45, 2.75) is 57.8 Å². The van der Waals surface area contributed by atoms with Crippen molar-refractivity contribution in [2.24, 2.45) is 0 Å². The minimum atomic E-state index is 0.453. The fraction of sp³-hybridized carbons (Fsp3) is 1.00. The topological polar surface area (TPSA) is 21.3 Å². The fourth-order valence-electron chi connectivity index (χ4n) is 1.92. The van der Waals surface area contributed by atoms with Gasteiger partial charge in [0.05, 0.1) is 12.2 Å². The van der Waals surface area contributed by atoms with Crippen LogP contribution in [0, 0.1) is 0 Å². The molecule has 1 N–H and O–H groups in total. The molecule has 0 saturated carbocycles. The van der Waals surface area contributed by atoms with E-state index >= 15 is 0 Å². The van der Waals surface area contributed by atoms with Gasteiger partial charge in [-0.1, -0.05) is 22.9 Å². The molecule has 0 radical (unpaired) electrons. The molecule has 1 heterocycles. The lowest BCUT2D eigenvalue weighted by Crippen LogP contribution is -2.35. The molecular formula is C11H22BrNO. The molecule has 3 heteroatoms. The Balaban J connectivity index is 2.12. The maximum absolute atomic E-state index is 5.76. The predicted molar refractivity (Wildman–Crippen MR) is 64.1 cm³/mol. The van der Waals surface area contributed by atoms with Crippen LogP contribution in [0.3, 0.4) is 0 Å². The molecule has 1 rings (SSSR count). The second-order valence-corrected chi connectivity index (χ2v) is 4.93. The van der Waals surface area contributed by atoms with E-state index < -0.39 is 0 Å². The number of hydrogen-bond acceptors (Lipinski definition) is 2. The summed E-state index contributed by atoms with van der Waals surface area (Å²) in [5, 5.41) is 4.66. The molecule has 2 nitrogen and oxygen atoms in total. The molecule has 14 heavy (non-hydrogen) atoms. The highest BCUT2D eigenvalue weighted by molar-refractivity contribution is 9.09. The summed E-state index contributed by atoms with van der Waals surface area (Å²) in [4.78, 5) is 0. The standard InChI is InChI=1S/C11H22BrNO/c1-3-10(6-7-12)13-8-11-5-4-9(2)14-11/h9-11,13H,3-8H2,1-2H3. The lowest BCUT2D eigenvalue weighted by Gasteiger charge is -2.18. The van der Waals surface area contributed by atoms with E-state index in [1.807, 2.05) is 0 Å². The first kappa shape index (κ1) is 12.5. The zero-order valence-corrected chi connectivity index (χ0v) is 10.8. The summed E-state index contributed by atoms with van der Waals surface area (Å²) in [6, 6.07) is 0.647. The van der Waals surface area contributed by atoms with Crippen LogP contribution >= 0.6 is 15.9 Å². The summed E-state index contributed by atoms with van der Waals surface area (Å²) in [6.07, 6.45) is 5.78. The van der Waals surface area contributed by atoms with Crippen molar-refractivity contribution in [3.63, 3.8) is 0 Å². The molecule has 0 aliphatic carbocycles. The molecule has 0 bridgehead atoms. The summed E-state index contributed by atoms with van der Waals surface area (Å²) in [5.41, 5.74) is 0. The molecule has 3 unspecified atom stereocenters. The predicted octanol–water partition coefficient (Wildman–Crippen LogP) is 2.71. The zero-order chi connectivity index (χ0) is 10.4. The molecule has 0 aromatic heterocycles. The third-order valence-electron chi connectivity index (χ3n) is 2.90. The van der Waals surface area contributed by atoms with E-state index in [9.17, 15) is 0 Å². The summed E-state index contributed by atoms with van der Waals surface area (Å²) in [6.45, 7) is 5.42. The number of hydrogen-bond donors (Lipinski definition) is 1. The van der Waals surface area contributed by atoms with Gasteiger partial charge in [0.2, 0.25) is 0 Å². The Labute approximate surface area is 95.9 Å². The van der Waals surface area contributed by atoms with Crippen LogP contribution in [0.2, 0.25) is 0 Å². The molecule has 0 spiro atoms. The Morgan fingerprint density at radius 2 is 2.29 bits per heavy atom. The summed E-state index contributed by atoms with van der Waals surface area (Å²) in [7, 11) is 0. The third kappa shape index (κ3) is 4.28. The molecule has 1 fully saturated rings. The van der Waals surface area contributed by atoms with Crippen molar-refractivity contribution < 1.29 is 4.74 Å². The Kier molecular flexibility index (Phi) is 6.06. The van der Waals surface area contributed by atoms with Crippen LogP contribution in [0.1, 0.15) is 39.5 Å². The first-order chi connectivity index (χ1) is 6.76. The molecule has 0 aromatic rings. The van der Waals surface area contributed by atoms with Crippen LogP contribution in [0.5, 0.6) is 0 Å². The second-order valence-electron chi connectivity index (χ2n) is 4.14. The normalized spacial score (nSPS) is 29.4. The van der Waals surface area contributed by atoms with Crippen LogP contribution in [0.25, 0.3) is 0 Å². The molecule has 0 aromatic carbocycles. The van der Waals surface area contributed by atoms with Gasteiger partial charge in [0.1, 0.15) is 0 Å². The van der Waals surface area contributed by atoms with E-state index in [1.165, 1.54) is 25.7 Å². The molecule has 0 amide bonds. The maximum atomic E-state index is 5.76. The van der Waals surface area contributed by atoms with Crippen molar-refractivity contribution in [1.29, 1.82) is 0 Å². The molecular weight excluding hydrogens is 242 g/mol. The third-order valence-corrected chi connectivity index (χ3v) is 3.36. The number of halogens is 1. The first-order valence-corrected chi connectivity index (χ1v) is 6.83. The first-order valence-electron chi connectivity index (χ1n) is 5.71. The SMILES string of the molecule is CCC(CCBr)NCC1CCC(C)O1. The molecule has 1 aliphatic heterocycles. The summed E-state index contributed by atoms with van der Waals surface area (Å²) >= 11 is 3.48. The van der Waals surface area contributed by atoms with E-state index in [0.29, 0.717) is 18.2 Å². The van der Waals surface area contributed by atoms with Gasteiger partial charge in [0, 0.05) is 17.9 Å². The van der Waals surface area contributed by atoms with Gasteiger partial charge in [-0.05, 0) is 32.6 Å². The van der Waals surface area contributed by atoms with E-state index in [2.05, 4.69) is 35.1 Å². The minimum Gasteiger partial charge on any atom is -0.374 e. The van der Waals surface area contributed by atoms with Crippen LogP contribution in [-0.2, 0) is 4.74 Å². The van der Waals surface area contributed by atoms with Gasteiger partial charge >= 0.3 is 0 Å². The quantitative estimate of drug-likeness (QED) is 0.745. The minimum absolute atomic E-state index is 0.453. The van der Waals surface area contributed by atoms with E-state index in [-0.39, 0.29) is 0 Å². The number of nitrogens with one attached hydrogen (secondary N) is 1. The van der Waals surface area contributed by atoms with Crippen molar-refractivity contribution in [3.05, 3.63) is 0 Å². The van der Waals surface area contributed by atoms with Crippen LogP contribution in [0.4, 0.5) is 0 Å². The van der Waals surface area contributed by atoms with Gasteiger partial charge in [-0.25, -0.2) is 0 Å². The van der Waals surface area contributed by atoms with Crippen LogP contribution in [0.15, 0.2) is 0 Å². The maximum Gasteiger partial charge on any atom is 0.0704 e. The zero-order valence-electron chi connectivity index (χ0n) is 9.26. The van der Waals surface area contributed by atoms with Crippen LogP contribution in [-0.4, -0.2) is 30.1 Å². The smallest absolute Gasteiger partial charge is 0.0704 e. The Morgan fingerprint density at radius 3 is 2.79 bits per heavy atom. The summed E-state index contributed by atoms with van der Waals surface area (Å²) < 4.78 is 5.76. The highest BCUT2D eigenvalue weighted by Crippen LogP contribution is 2.18. The summed E-state index contributed by atoms with van der Waals surface area (Å²) in [5.74, 6) is 0. The van der Waals surface area contributed by atoms with Gasteiger partial charge in [0.25, 0.3) is 0 Å². The Hall–Kier alpha value is 0.400. The van der Waals surface area contributed by atoms with Gasteiger partial charge in [-0.3, -0.25) is 0 Å². The van der Waals surface area contributed by atoms with E-state index in [1.54, 1.807) is 0 Å². The number of ether oxygens (including phenoxy) is 1. The lowest BCUT2D eigenvalue weighted by molar-refractivity contribution is 0.0542. The van der Waals surface area contributed by atoms with E-state index in [0.717, 1.165) is 11.9 Å². The van der Waals surface area contributed by atoms with Crippen LogP contribution < -0.4 is 5.32 Å². The highest BCUT2D eigenvalue weighted by atomic mass is 79.9. The molecule has 1 aliphatic rings. The van der Waals surface area contributed by atoms with Crippen molar-refractivity contribution in [3.8, 4) is 0 Å². The molecule has 3 atom stereocenters. The van der Waals surface area contributed by atoms with Crippen molar-refractivity contribution in [1.82, 2.24) is 5.32 Å². The Morgan fingerprint density at radius 1 is 1.50 bits per heavy atom. The second kappa shape index (κ2) is 6.81. The van der Waals surface area contributed by atoms with Crippen molar-refractivity contribution in [2.75, 3.05) is 11.9 Å². The molecule has 1 saturated heterocycles. The number of alkyl halides is 1. The van der Waals surface area contributed by atoms with Gasteiger partial charge < -0.3 is 10.1 Å². The number of rotatable bonds is 6. The fourth-order valence-corrected chi connectivity index (χ4v) is 2.47.